The molecule has 3 rings (SSSR count). The Morgan fingerprint density at radius 2 is 1.87 bits per heavy atom. The van der Waals surface area contributed by atoms with Gasteiger partial charge in [0, 0.05) is 49.8 Å². The maximum Gasteiger partial charge on any atom is 0.225 e. The molecule has 0 unspecified atom stereocenters. The van der Waals surface area contributed by atoms with E-state index in [0.29, 0.717) is 17.8 Å². The van der Waals surface area contributed by atoms with E-state index in [2.05, 4.69) is 19.8 Å². The van der Waals surface area contributed by atoms with Crippen molar-refractivity contribution in [3.05, 3.63) is 47.8 Å². The number of aryl methyl sites for hydroxylation is 1. The fraction of sp³-hybridized carbons (Fsp3) is 0.353. The molecule has 2 N–H and O–H groups in total. The number of nitrogen functional groups attached to an aromatic ring is 1. The zero-order chi connectivity index (χ0) is 16.2. The monoisotopic (exact) mass is 311 g/mol. The summed E-state index contributed by atoms with van der Waals surface area (Å²) in [7, 11) is 0. The Hall–Kier alpha value is -2.47. The Labute approximate surface area is 135 Å². The molecule has 1 aromatic heterocycles. The number of ketones is 1. The van der Waals surface area contributed by atoms with E-state index in [1.807, 2.05) is 25.1 Å². The quantitative estimate of drug-likeness (QED) is 0.679. The number of nitrogens with zero attached hydrogens (tertiary/aromatic N) is 4. The number of nitrogens with two attached hydrogens (primary N) is 1. The summed E-state index contributed by atoms with van der Waals surface area (Å²) in [6, 6.07) is 7.33. The van der Waals surface area contributed by atoms with Gasteiger partial charge in [0.15, 0.2) is 5.78 Å². The Balaban J connectivity index is 1.56. The summed E-state index contributed by atoms with van der Waals surface area (Å²) >= 11 is 0. The van der Waals surface area contributed by atoms with Gasteiger partial charge in [0.1, 0.15) is 0 Å². The first kappa shape index (κ1) is 15.4. The number of Topliss-reactive ketones (excluding diaryl/α,β-unsaturated/α-hetero) is 1. The van der Waals surface area contributed by atoms with Crippen LogP contribution in [0, 0.1) is 6.92 Å². The summed E-state index contributed by atoms with van der Waals surface area (Å²) < 4.78 is 0. The largest absolute Gasteiger partial charge is 0.398 e. The molecule has 120 valence electrons. The average Bonchev–Trinajstić information content (AvgIpc) is 2.59. The van der Waals surface area contributed by atoms with Crippen LogP contribution in [-0.2, 0) is 0 Å². The first-order valence-corrected chi connectivity index (χ1v) is 7.77. The first-order valence-electron chi connectivity index (χ1n) is 7.77. The lowest BCUT2D eigenvalue weighted by Crippen LogP contribution is -2.48. The lowest BCUT2D eigenvalue weighted by molar-refractivity contribution is 0.0926. The maximum absolute atomic E-state index is 12.4. The maximum atomic E-state index is 12.4. The summed E-state index contributed by atoms with van der Waals surface area (Å²) in [4.78, 5) is 25.2. The van der Waals surface area contributed by atoms with E-state index in [-0.39, 0.29) is 5.78 Å². The highest BCUT2D eigenvalue weighted by Crippen LogP contribution is 2.15. The number of anilines is 2. The van der Waals surface area contributed by atoms with E-state index >= 15 is 0 Å². The second-order valence-electron chi connectivity index (χ2n) is 5.81. The van der Waals surface area contributed by atoms with Crippen LogP contribution in [0.25, 0.3) is 0 Å². The standard InChI is InChI=1S/C17H21N5O/c1-13-3-4-14(11-15(13)18)16(23)12-21-7-9-22(10-8-21)17-19-5-2-6-20-17/h2-6,11H,7-10,12,18H2,1H3. The van der Waals surface area contributed by atoms with Gasteiger partial charge in [0.25, 0.3) is 0 Å². The Morgan fingerprint density at radius 1 is 1.17 bits per heavy atom. The van der Waals surface area contributed by atoms with Crippen LogP contribution in [-0.4, -0.2) is 53.4 Å². The number of benzene rings is 1. The molecular weight excluding hydrogens is 290 g/mol. The molecule has 23 heavy (non-hydrogen) atoms. The molecule has 1 aromatic carbocycles. The summed E-state index contributed by atoms with van der Waals surface area (Å²) in [5, 5.41) is 0. The van der Waals surface area contributed by atoms with E-state index in [1.165, 1.54) is 0 Å². The molecule has 1 aliphatic rings. The second-order valence-corrected chi connectivity index (χ2v) is 5.81. The highest BCUT2D eigenvalue weighted by molar-refractivity contribution is 5.98. The molecule has 1 aliphatic heterocycles. The Morgan fingerprint density at radius 3 is 2.52 bits per heavy atom. The van der Waals surface area contributed by atoms with Gasteiger partial charge in [0.05, 0.1) is 6.54 Å². The van der Waals surface area contributed by atoms with Crippen molar-refractivity contribution in [2.24, 2.45) is 0 Å². The van der Waals surface area contributed by atoms with Crippen LogP contribution in [0.2, 0.25) is 0 Å². The minimum Gasteiger partial charge on any atom is -0.398 e. The zero-order valence-corrected chi connectivity index (χ0v) is 13.3. The minimum absolute atomic E-state index is 0.112. The molecule has 0 atom stereocenters. The van der Waals surface area contributed by atoms with Gasteiger partial charge in [-0.3, -0.25) is 9.69 Å². The molecule has 0 radical (unpaired) electrons. The smallest absolute Gasteiger partial charge is 0.225 e. The molecule has 0 saturated carbocycles. The zero-order valence-electron chi connectivity index (χ0n) is 13.3. The van der Waals surface area contributed by atoms with Crippen LogP contribution in [0.1, 0.15) is 15.9 Å². The lowest BCUT2D eigenvalue weighted by atomic mass is 10.1. The van der Waals surface area contributed by atoms with Crippen molar-refractivity contribution in [2.75, 3.05) is 43.4 Å². The topological polar surface area (TPSA) is 75.4 Å². The van der Waals surface area contributed by atoms with Crippen LogP contribution >= 0.6 is 0 Å². The molecule has 6 nitrogen and oxygen atoms in total. The molecule has 2 heterocycles. The molecule has 2 aromatic rings. The minimum atomic E-state index is 0.112. The normalized spacial score (nSPS) is 15.6. The van der Waals surface area contributed by atoms with Crippen LogP contribution in [0.3, 0.4) is 0 Å². The van der Waals surface area contributed by atoms with Gasteiger partial charge in [-0.05, 0) is 24.6 Å². The van der Waals surface area contributed by atoms with Crippen molar-refractivity contribution in [1.29, 1.82) is 0 Å². The van der Waals surface area contributed by atoms with Gasteiger partial charge in [-0.25, -0.2) is 9.97 Å². The number of carbonyl (C=O) groups excluding carboxylic acids is 1. The fourth-order valence-corrected chi connectivity index (χ4v) is 2.67. The van der Waals surface area contributed by atoms with Crippen molar-refractivity contribution in [1.82, 2.24) is 14.9 Å². The lowest BCUT2D eigenvalue weighted by Gasteiger charge is -2.34. The van der Waals surface area contributed by atoms with Gasteiger partial charge >= 0.3 is 0 Å². The van der Waals surface area contributed by atoms with Crippen molar-refractivity contribution >= 4 is 17.4 Å². The van der Waals surface area contributed by atoms with E-state index < -0.39 is 0 Å². The number of aromatic nitrogens is 2. The van der Waals surface area contributed by atoms with Gasteiger partial charge in [-0.2, -0.15) is 0 Å². The Kier molecular flexibility index (Phi) is 4.52. The third-order valence-corrected chi connectivity index (χ3v) is 4.18. The Bertz CT molecular complexity index is 681. The van der Waals surface area contributed by atoms with Crippen LogP contribution in [0.15, 0.2) is 36.7 Å². The summed E-state index contributed by atoms with van der Waals surface area (Å²) in [5.41, 5.74) is 8.24. The predicted molar refractivity (Wildman–Crippen MR) is 90.6 cm³/mol. The number of rotatable bonds is 4. The molecule has 6 heteroatoms. The van der Waals surface area contributed by atoms with Crippen LogP contribution < -0.4 is 10.6 Å². The summed E-state index contributed by atoms with van der Waals surface area (Å²) in [6.07, 6.45) is 3.50. The average molecular weight is 311 g/mol. The molecule has 0 bridgehead atoms. The molecule has 1 fully saturated rings. The van der Waals surface area contributed by atoms with Gasteiger partial charge in [-0.15, -0.1) is 0 Å². The summed E-state index contributed by atoms with van der Waals surface area (Å²) in [6.45, 7) is 5.66. The molecular formula is C17H21N5O. The van der Waals surface area contributed by atoms with Gasteiger partial charge in [-0.1, -0.05) is 12.1 Å². The van der Waals surface area contributed by atoms with Crippen molar-refractivity contribution in [3.8, 4) is 0 Å². The van der Waals surface area contributed by atoms with Crippen molar-refractivity contribution < 1.29 is 4.79 Å². The van der Waals surface area contributed by atoms with Gasteiger partial charge in [0.2, 0.25) is 5.95 Å². The number of carbonyl (C=O) groups is 1. The first-order chi connectivity index (χ1) is 11.1. The third kappa shape index (κ3) is 3.65. The third-order valence-electron chi connectivity index (χ3n) is 4.18. The molecule has 1 saturated heterocycles. The molecule has 0 spiro atoms. The van der Waals surface area contributed by atoms with E-state index in [1.54, 1.807) is 18.5 Å². The van der Waals surface area contributed by atoms with Crippen molar-refractivity contribution in [3.63, 3.8) is 0 Å². The fourth-order valence-electron chi connectivity index (χ4n) is 2.67. The predicted octanol–water partition coefficient (Wildman–Crippen LogP) is 1.37. The second kappa shape index (κ2) is 6.75. The number of piperazine rings is 1. The molecule has 0 aliphatic carbocycles. The van der Waals surface area contributed by atoms with E-state index in [9.17, 15) is 4.79 Å². The van der Waals surface area contributed by atoms with Crippen LogP contribution in [0.4, 0.5) is 11.6 Å². The summed E-state index contributed by atoms with van der Waals surface area (Å²) in [5.74, 6) is 0.867. The van der Waals surface area contributed by atoms with Crippen LogP contribution in [0.5, 0.6) is 0 Å². The van der Waals surface area contributed by atoms with Gasteiger partial charge < -0.3 is 10.6 Å². The van der Waals surface area contributed by atoms with Crippen molar-refractivity contribution in [2.45, 2.75) is 6.92 Å². The van der Waals surface area contributed by atoms with E-state index in [0.717, 1.165) is 37.7 Å². The highest BCUT2D eigenvalue weighted by atomic mass is 16.1. The van der Waals surface area contributed by atoms with E-state index in [4.69, 9.17) is 5.73 Å². The molecule has 0 amide bonds. The highest BCUT2D eigenvalue weighted by Gasteiger charge is 2.21. The number of hydrogen-bond donors (Lipinski definition) is 1. The number of hydrogen-bond acceptors (Lipinski definition) is 6. The SMILES string of the molecule is Cc1ccc(C(=O)CN2CCN(c3ncccn3)CC2)cc1N.